The third kappa shape index (κ3) is 2.84. The van der Waals surface area contributed by atoms with Crippen LogP contribution in [0.1, 0.15) is 16.1 Å². The Morgan fingerprint density at radius 3 is 2.83 bits per heavy atom. The summed E-state index contributed by atoms with van der Waals surface area (Å²) >= 11 is 3.31. The fourth-order valence-electron chi connectivity index (χ4n) is 1.41. The molecule has 0 aliphatic rings. The summed E-state index contributed by atoms with van der Waals surface area (Å²) in [6, 6.07) is 5.01. The highest BCUT2D eigenvalue weighted by molar-refractivity contribution is 9.10. The molecule has 0 fully saturated rings. The number of amides is 1. The first-order chi connectivity index (χ1) is 8.56. The molecule has 1 amide bonds. The predicted molar refractivity (Wildman–Crippen MR) is 73.3 cm³/mol. The summed E-state index contributed by atoms with van der Waals surface area (Å²) in [5.41, 5.74) is 7.22. The van der Waals surface area contributed by atoms with Crippen LogP contribution < -0.4 is 11.1 Å². The molecular weight excluding hydrogens is 296 g/mol. The molecule has 5 nitrogen and oxygen atoms in total. The number of nitrogens with zero attached hydrogens (tertiary/aromatic N) is 2. The van der Waals surface area contributed by atoms with E-state index in [2.05, 4.69) is 31.2 Å². The first-order valence-corrected chi connectivity index (χ1v) is 6.00. The van der Waals surface area contributed by atoms with Gasteiger partial charge in [-0.2, -0.15) is 0 Å². The third-order valence-corrected chi connectivity index (χ3v) is 2.73. The second-order valence-corrected chi connectivity index (χ2v) is 4.66. The molecule has 0 saturated carbocycles. The van der Waals surface area contributed by atoms with Crippen molar-refractivity contribution in [2.45, 2.75) is 6.92 Å². The summed E-state index contributed by atoms with van der Waals surface area (Å²) in [7, 11) is 0. The molecule has 0 aromatic carbocycles. The van der Waals surface area contributed by atoms with E-state index in [1.54, 1.807) is 12.3 Å². The Morgan fingerprint density at radius 1 is 1.39 bits per heavy atom. The first kappa shape index (κ1) is 12.5. The number of pyridine rings is 2. The van der Waals surface area contributed by atoms with Gasteiger partial charge in [-0.1, -0.05) is 0 Å². The van der Waals surface area contributed by atoms with Gasteiger partial charge in [0.15, 0.2) is 0 Å². The van der Waals surface area contributed by atoms with Crippen molar-refractivity contribution in [2.24, 2.45) is 0 Å². The number of hydrogen-bond donors (Lipinski definition) is 2. The van der Waals surface area contributed by atoms with Crippen molar-refractivity contribution < 1.29 is 4.79 Å². The van der Waals surface area contributed by atoms with Gasteiger partial charge in [-0.05, 0) is 46.6 Å². The molecule has 0 unspecified atom stereocenters. The molecule has 0 atom stereocenters. The fraction of sp³-hybridized carbons (Fsp3) is 0.0833. The zero-order valence-corrected chi connectivity index (χ0v) is 11.2. The molecule has 2 aromatic heterocycles. The van der Waals surface area contributed by atoms with Crippen molar-refractivity contribution in [3.63, 3.8) is 0 Å². The van der Waals surface area contributed by atoms with E-state index >= 15 is 0 Å². The number of carbonyl (C=O) groups is 1. The number of nitrogens with two attached hydrogens (primary N) is 1. The molecule has 2 aromatic rings. The van der Waals surface area contributed by atoms with Crippen molar-refractivity contribution in [3.8, 4) is 0 Å². The molecular formula is C12H11BrN4O. The number of aryl methyl sites for hydroxylation is 1. The molecule has 0 aliphatic carbocycles. The summed E-state index contributed by atoms with van der Waals surface area (Å²) in [5, 5.41) is 2.69. The molecule has 2 heterocycles. The molecule has 0 radical (unpaired) electrons. The van der Waals surface area contributed by atoms with E-state index in [4.69, 9.17) is 5.73 Å². The second kappa shape index (κ2) is 5.14. The molecule has 18 heavy (non-hydrogen) atoms. The number of hydrogen-bond acceptors (Lipinski definition) is 4. The van der Waals surface area contributed by atoms with Crippen LogP contribution in [0.3, 0.4) is 0 Å². The largest absolute Gasteiger partial charge is 0.399 e. The van der Waals surface area contributed by atoms with Crippen LogP contribution in [0.15, 0.2) is 35.1 Å². The van der Waals surface area contributed by atoms with Crippen LogP contribution in [0.2, 0.25) is 0 Å². The second-order valence-electron chi connectivity index (χ2n) is 3.75. The number of rotatable bonds is 2. The Kier molecular flexibility index (Phi) is 3.57. The summed E-state index contributed by atoms with van der Waals surface area (Å²) < 4.78 is 0.861. The van der Waals surface area contributed by atoms with E-state index < -0.39 is 0 Å². The summed E-state index contributed by atoms with van der Waals surface area (Å²) in [6.07, 6.45) is 3.11. The highest BCUT2D eigenvalue weighted by atomic mass is 79.9. The standard InChI is InChI=1S/C12H11BrN4O/c1-7-4-8(13)6-16-11(7)17-12(18)10-5-9(14)2-3-15-10/h2-6H,1H3,(H2,14,15)(H,16,17,18). The van der Waals surface area contributed by atoms with Crippen LogP contribution in [-0.4, -0.2) is 15.9 Å². The van der Waals surface area contributed by atoms with E-state index in [-0.39, 0.29) is 11.6 Å². The quantitative estimate of drug-likeness (QED) is 0.892. The van der Waals surface area contributed by atoms with Crippen molar-refractivity contribution in [1.82, 2.24) is 9.97 Å². The number of aromatic nitrogens is 2. The van der Waals surface area contributed by atoms with Gasteiger partial charge in [0.05, 0.1) is 0 Å². The molecule has 92 valence electrons. The van der Waals surface area contributed by atoms with E-state index in [9.17, 15) is 4.79 Å². The smallest absolute Gasteiger partial charge is 0.275 e. The SMILES string of the molecule is Cc1cc(Br)cnc1NC(=O)c1cc(N)ccn1. The molecule has 0 aliphatic heterocycles. The van der Waals surface area contributed by atoms with Crippen LogP contribution in [-0.2, 0) is 0 Å². The van der Waals surface area contributed by atoms with E-state index in [1.165, 1.54) is 12.3 Å². The van der Waals surface area contributed by atoms with E-state index in [1.807, 2.05) is 13.0 Å². The topological polar surface area (TPSA) is 80.9 Å². The van der Waals surface area contributed by atoms with Crippen molar-refractivity contribution >= 4 is 33.3 Å². The Hall–Kier alpha value is -1.95. The number of nitrogen functional groups attached to an aromatic ring is 1. The van der Waals surface area contributed by atoms with Gasteiger partial charge in [0.1, 0.15) is 11.5 Å². The van der Waals surface area contributed by atoms with Crippen molar-refractivity contribution in [1.29, 1.82) is 0 Å². The van der Waals surface area contributed by atoms with Gasteiger partial charge >= 0.3 is 0 Å². The van der Waals surface area contributed by atoms with E-state index in [0.717, 1.165) is 10.0 Å². The summed E-state index contributed by atoms with van der Waals surface area (Å²) in [4.78, 5) is 20.0. The lowest BCUT2D eigenvalue weighted by molar-refractivity contribution is 0.102. The maximum absolute atomic E-state index is 11.9. The lowest BCUT2D eigenvalue weighted by Crippen LogP contribution is -2.15. The number of carbonyl (C=O) groups excluding carboxylic acids is 1. The molecule has 2 rings (SSSR count). The molecule has 0 bridgehead atoms. The predicted octanol–water partition coefficient (Wildman–Crippen LogP) is 2.38. The fourth-order valence-corrected chi connectivity index (χ4v) is 1.86. The molecule has 0 saturated heterocycles. The Morgan fingerprint density at radius 2 is 2.17 bits per heavy atom. The Labute approximate surface area is 113 Å². The van der Waals surface area contributed by atoms with Gasteiger partial charge in [0, 0.05) is 22.6 Å². The number of anilines is 2. The zero-order chi connectivity index (χ0) is 13.1. The summed E-state index contributed by atoms with van der Waals surface area (Å²) in [5.74, 6) is 0.174. The van der Waals surface area contributed by atoms with Crippen molar-refractivity contribution in [2.75, 3.05) is 11.1 Å². The van der Waals surface area contributed by atoms with Crippen LogP contribution in [0.25, 0.3) is 0 Å². The van der Waals surface area contributed by atoms with Gasteiger partial charge in [-0.3, -0.25) is 9.78 Å². The Bertz CT molecular complexity index is 600. The lowest BCUT2D eigenvalue weighted by Gasteiger charge is -2.07. The number of nitrogens with one attached hydrogen (secondary N) is 1. The van der Waals surface area contributed by atoms with Gasteiger partial charge < -0.3 is 11.1 Å². The van der Waals surface area contributed by atoms with Gasteiger partial charge in [0.25, 0.3) is 5.91 Å². The maximum Gasteiger partial charge on any atom is 0.275 e. The lowest BCUT2D eigenvalue weighted by atomic mass is 10.2. The Balaban J connectivity index is 2.21. The third-order valence-electron chi connectivity index (χ3n) is 2.29. The molecule has 3 N–H and O–H groups in total. The average molecular weight is 307 g/mol. The normalized spacial score (nSPS) is 10.1. The molecule has 0 spiro atoms. The highest BCUT2D eigenvalue weighted by Crippen LogP contribution is 2.17. The van der Waals surface area contributed by atoms with Crippen LogP contribution in [0.5, 0.6) is 0 Å². The monoisotopic (exact) mass is 306 g/mol. The molecule has 6 heteroatoms. The van der Waals surface area contributed by atoms with Crippen LogP contribution >= 0.6 is 15.9 Å². The van der Waals surface area contributed by atoms with Gasteiger partial charge in [-0.25, -0.2) is 4.98 Å². The van der Waals surface area contributed by atoms with Gasteiger partial charge in [-0.15, -0.1) is 0 Å². The number of halogens is 1. The average Bonchev–Trinajstić information content (AvgIpc) is 2.32. The minimum Gasteiger partial charge on any atom is -0.399 e. The van der Waals surface area contributed by atoms with E-state index in [0.29, 0.717) is 11.5 Å². The minimum atomic E-state index is -0.333. The first-order valence-electron chi connectivity index (χ1n) is 5.21. The van der Waals surface area contributed by atoms with Crippen molar-refractivity contribution in [3.05, 3.63) is 46.3 Å². The van der Waals surface area contributed by atoms with Crippen LogP contribution in [0, 0.1) is 6.92 Å². The maximum atomic E-state index is 11.9. The van der Waals surface area contributed by atoms with Crippen LogP contribution in [0.4, 0.5) is 11.5 Å². The highest BCUT2D eigenvalue weighted by Gasteiger charge is 2.10. The van der Waals surface area contributed by atoms with Gasteiger partial charge in [0.2, 0.25) is 0 Å². The zero-order valence-electron chi connectivity index (χ0n) is 9.64. The minimum absolute atomic E-state index is 0.263. The summed E-state index contributed by atoms with van der Waals surface area (Å²) in [6.45, 7) is 1.86.